The lowest BCUT2D eigenvalue weighted by Crippen LogP contribution is -2.39. The number of aromatic amines is 1. The number of nitriles is 1. The maximum atomic E-state index is 12.8. The zero-order valence-electron chi connectivity index (χ0n) is 19.3. The van der Waals surface area contributed by atoms with E-state index in [4.69, 9.17) is 9.84 Å². The first-order chi connectivity index (χ1) is 16.1. The van der Waals surface area contributed by atoms with Crippen molar-refractivity contribution >= 4 is 33.2 Å². The Morgan fingerprint density at radius 1 is 1.35 bits per heavy atom. The minimum atomic E-state index is -3.07. The number of anilines is 2. The van der Waals surface area contributed by atoms with E-state index in [2.05, 4.69) is 16.4 Å². The Morgan fingerprint density at radius 3 is 2.82 bits per heavy atom. The molecule has 0 spiro atoms. The summed E-state index contributed by atoms with van der Waals surface area (Å²) in [5, 5.41) is 17.9. The molecule has 3 aromatic rings. The number of aromatic nitrogens is 3. The number of fused-ring (bicyclic) bond motifs is 2. The van der Waals surface area contributed by atoms with Crippen molar-refractivity contribution in [3.8, 4) is 6.07 Å². The summed E-state index contributed by atoms with van der Waals surface area (Å²) in [6.45, 7) is 7.11. The lowest BCUT2D eigenvalue weighted by atomic mass is 9.95. The molecule has 34 heavy (non-hydrogen) atoms. The Hall–Kier alpha value is -2.88. The van der Waals surface area contributed by atoms with Gasteiger partial charge < -0.3 is 15.0 Å². The van der Waals surface area contributed by atoms with E-state index in [9.17, 15) is 19.2 Å². The molecule has 2 aliphatic heterocycles. The van der Waals surface area contributed by atoms with Gasteiger partial charge in [-0.2, -0.15) is 14.7 Å². The van der Waals surface area contributed by atoms with E-state index in [0.29, 0.717) is 53.5 Å². The Labute approximate surface area is 198 Å². The quantitative estimate of drug-likeness (QED) is 0.433. The summed E-state index contributed by atoms with van der Waals surface area (Å²) in [6.07, 6.45) is 2.42. The van der Waals surface area contributed by atoms with Gasteiger partial charge in [-0.05, 0) is 57.0 Å². The van der Waals surface area contributed by atoms with Crippen LogP contribution in [0.2, 0.25) is 0 Å². The molecule has 0 radical (unpaired) electrons. The second kappa shape index (κ2) is 7.83. The molecule has 5 rings (SSSR count). The number of pyridine rings is 1. The molecule has 10 nitrogen and oxygen atoms in total. The molecule has 0 bridgehead atoms. The van der Waals surface area contributed by atoms with Crippen molar-refractivity contribution in [2.75, 3.05) is 18.5 Å². The van der Waals surface area contributed by atoms with Gasteiger partial charge in [0.05, 0.1) is 29.5 Å². The number of hydrogen-bond acceptors (Lipinski definition) is 8. The molecule has 0 aliphatic carbocycles. The number of nitrogens with one attached hydrogen (secondary N) is 2. The van der Waals surface area contributed by atoms with Crippen molar-refractivity contribution in [3.63, 3.8) is 0 Å². The summed E-state index contributed by atoms with van der Waals surface area (Å²) in [5.41, 5.74) is 0.765. The first-order valence-electron chi connectivity index (χ1n) is 11.1. The summed E-state index contributed by atoms with van der Waals surface area (Å²) in [4.78, 5) is 16.0. The van der Waals surface area contributed by atoms with E-state index in [-0.39, 0.29) is 12.0 Å². The van der Waals surface area contributed by atoms with Crippen molar-refractivity contribution in [1.82, 2.24) is 19.1 Å². The van der Waals surface area contributed by atoms with Gasteiger partial charge in [-0.15, -0.1) is 10.8 Å². The van der Waals surface area contributed by atoms with Crippen LogP contribution in [0.4, 0.5) is 11.5 Å². The van der Waals surface area contributed by atoms with Gasteiger partial charge in [0.15, 0.2) is 5.82 Å². The number of rotatable bonds is 4. The van der Waals surface area contributed by atoms with Gasteiger partial charge >= 0.3 is 0 Å². The minimum Gasteiger partial charge on any atom is -0.379 e. The van der Waals surface area contributed by atoms with Crippen LogP contribution in [-0.4, -0.2) is 46.9 Å². The molecule has 1 unspecified atom stereocenters. The zero-order chi connectivity index (χ0) is 24.3. The fourth-order valence-corrected chi connectivity index (χ4v) is 6.86. The monoisotopic (exact) mass is 484 g/mol. The van der Waals surface area contributed by atoms with E-state index < -0.39 is 21.9 Å². The molecular weight excluding hydrogens is 456 g/mol. The number of hydrogen-bond donors (Lipinski definition) is 4. The van der Waals surface area contributed by atoms with Crippen LogP contribution < -0.4 is 10.9 Å². The maximum Gasteiger partial charge on any atom is 0.261 e. The molecule has 2 aromatic heterocycles. The first kappa shape index (κ1) is 22.9. The molecule has 11 heteroatoms. The van der Waals surface area contributed by atoms with Gasteiger partial charge in [0.25, 0.3) is 5.56 Å². The van der Waals surface area contributed by atoms with Crippen molar-refractivity contribution in [2.45, 2.75) is 56.1 Å². The fraction of sp³-hybridized carbons (Fsp3) is 0.435. The van der Waals surface area contributed by atoms with Crippen LogP contribution in [0.25, 0.3) is 10.9 Å². The smallest absolute Gasteiger partial charge is 0.261 e. The number of H-pyrrole nitrogens is 1. The molecule has 4 heterocycles. The summed E-state index contributed by atoms with van der Waals surface area (Å²) < 4.78 is 30.8. The molecule has 0 amide bonds. The minimum absolute atomic E-state index is 0.218. The summed E-state index contributed by atoms with van der Waals surface area (Å²) >= 11 is 0. The van der Waals surface area contributed by atoms with Crippen LogP contribution in [0.15, 0.2) is 40.2 Å². The third-order valence-corrected chi connectivity index (χ3v) is 8.81. The summed E-state index contributed by atoms with van der Waals surface area (Å²) in [6, 6.07) is 9.36. The molecule has 2 aliphatic rings. The highest BCUT2D eigenvalue weighted by Gasteiger charge is 2.42. The molecule has 1 fully saturated rings. The van der Waals surface area contributed by atoms with Crippen molar-refractivity contribution in [3.05, 3.63) is 46.4 Å². The summed E-state index contributed by atoms with van der Waals surface area (Å²) in [5.74, 6) is 0.373. The van der Waals surface area contributed by atoms with Crippen molar-refractivity contribution in [2.24, 2.45) is 0 Å². The average molecular weight is 485 g/mol. The van der Waals surface area contributed by atoms with Gasteiger partial charge in [0.2, 0.25) is 0 Å². The third kappa shape index (κ3) is 3.50. The highest BCUT2D eigenvalue weighted by Crippen LogP contribution is 2.61. The Kier molecular flexibility index (Phi) is 5.27. The largest absolute Gasteiger partial charge is 0.379 e. The van der Waals surface area contributed by atoms with Gasteiger partial charge in [0.1, 0.15) is 10.9 Å². The normalized spacial score (nSPS) is 23.1. The van der Waals surface area contributed by atoms with Crippen LogP contribution in [0, 0.1) is 11.3 Å². The lowest BCUT2D eigenvalue weighted by molar-refractivity contribution is 0.151. The van der Waals surface area contributed by atoms with Crippen LogP contribution in [0.5, 0.6) is 0 Å². The summed E-state index contributed by atoms with van der Waals surface area (Å²) in [7, 11) is -3.07. The second-order valence-corrected chi connectivity index (χ2v) is 11.8. The molecule has 1 saturated heterocycles. The number of nitrogens with zero attached hydrogens (tertiary/aromatic N) is 4. The zero-order valence-corrected chi connectivity index (χ0v) is 20.1. The highest BCUT2D eigenvalue weighted by molar-refractivity contribution is 8.22. The fourth-order valence-electron chi connectivity index (χ4n) is 4.82. The SMILES string of the molecule is CC(C)(C)N1Cc2cc(Nc3nn(C4(CC#N)CCOC4)c4cc[nH]c(=O)c34)ccc2S1(O)O. The van der Waals surface area contributed by atoms with Gasteiger partial charge in [0, 0.05) is 30.6 Å². The Balaban J connectivity index is 1.57. The van der Waals surface area contributed by atoms with Crippen LogP contribution in [0.1, 0.15) is 39.2 Å². The predicted molar refractivity (Wildman–Crippen MR) is 130 cm³/mol. The van der Waals surface area contributed by atoms with E-state index >= 15 is 0 Å². The van der Waals surface area contributed by atoms with Crippen LogP contribution in [0.3, 0.4) is 0 Å². The molecule has 0 saturated carbocycles. The first-order valence-corrected chi connectivity index (χ1v) is 12.6. The van der Waals surface area contributed by atoms with E-state index in [1.165, 1.54) is 0 Å². The van der Waals surface area contributed by atoms with Gasteiger partial charge in [-0.1, -0.05) is 0 Å². The average Bonchev–Trinajstić information content (AvgIpc) is 3.44. The predicted octanol–water partition coefficient (Wildman–Crippen LogP) is 4.14. The topological polar surface area (TPSA) is 139 Å². The van der Waals surface area contributed by atoms with Gasteiger partial charge in [-0.3, -0.25) is 18.6 Å². The lowest BCUT2D eigenvalue weighted by Gasteiger charge is -2.44. The Bertz CT molecular complexity index is 1360. The second-order valence-electron chi connectivity index (χ2n) is 9.86. The number of benzene rings is 1. The molecule has 1 atom stereocenters. The van der Waals surface area contributed by atoms with Crippen molar-refractivity contribution < 1.29 is 13.8 Å². The molecule has 1 aromatic carbocycles. The van der Waals surface area contributed by atoms with E-state index in [1.54, 1.807) is 33.4 Å². The Morgan fingerprint density at radius 2 is 2.15 bits per heavy atom. The van der Waals surface area contributed by atoms with Crippen LogP contribution in [-0.2, 0) is 16.8 Å². The van der Waals surface area contributed by atoms with E-state index in [1.807, 2.05) is 26.8 Å². The molecule has 4 N–H and O–H groups in total. The van der Waals surface area contributed by atoms with Gasteiger partial charge in [-0.25, -0.2) is 0 Å². The third-order valence-electron chi connectivity index (χ3n) is 6.53. The maximum absolute atomic E-state index is 12.8. The van der Waals surface area contributed by atoms with Crippen LogP contribution >= 0.6 is 10.8 Å². The number of ether oxygens (including phenoxy) is 1. The highest BCUT2D eigenvalue weighted by atomic mass is 32.3. The van der Waals surface area contributed by atoms with Crippen molar-refractivity contribution in [1.29, 1.82) is 5.26 Å². The molecular formula is C23H28N6O4S. The van der Waals surface area contributed by atoms with E-state index in [0.717, 1.165) is 5.56 Å². The molecule has 180 valence electrons. The standard InChI is InChI=1S/C23H28N6O4S/c1-22(2,3)28-13-15-12-16(4-5-18(15)34(28,31)32)26-20-19-17(6-10-25-21(19)30)29(27-20)23(7-9-24)8-11-33-14-23/h4-6,10,12,31-32H,7-8,11,13-14H2,1-3H3,(H,25,30)(H,26,27).